The standard InChI is InChI=1S/C10H17BrN2O2/c1-4-10(3,15)9(14)8-7(11)6-12-13(8)5-2/h6,9,14-15H,4-5H2,1-3H3. The van der Waals surface area contributed by atoms with E-state index in [0.29, 0.717) is 18.7 Å². The average Bonchev–Trinajstić information content (AvgIpc) is 2.58. The predicted octanol–water partition coefficient (Wildman–Crippen LogP) is 1.86. The second-order valence-corrected chi connectivity index (χ2v) is 4.66. The van der Waals surface area contributed by atoms with E-state index in [-0.39, 0.29) is 0 Å². The van der Waals surface area contributed by atoms with Crippen LogP contribution in [-0.4, -0.2) is 25.6 Å². The highest BCUT2D eigenvalue weighted by Crippen LogP contribution is 2.32. The number of aliphatic hydroxyl groups is 2. The predicted molar refractivity (Wildman–Crippen MR) is 61.5 cm³/mol. The second kappa shape index (κ2) is 4.63. The summed E-state index contributed by atoms with van der Waals surface area (Å²) in [6, 6.07) is 0. The molecule has 0 fully saturated rings. The fraction of sp³-hybridized carbons (Fsp3) is 0.700. The van der Waals surface area contributed by atoms with Gasteiger partial charge in [-0.2, -0.15) is 5.10 Å². The third kappa shape index (κ3) is 2.41. The van der Waals surface area contributed by atoms with Gasteiger partial charge in [-0.25, -0.2) is 0 Å². The van der Waals surface area contributed by atoms with Crippen LogP contribution in [0.4, 0.5) is 0 Å². The van der Waals surface area contributed by atoms with Crippen LogP contribution in [-0.2, 0) is 6.54 Å². The first kappa shape index (κ1) is 12.7. The maximum atomic E-state index is 10.1. The van der Waals surface area contributed by atoms with Gasteiger partial charge in [0.2, 0.25) is 0 Å². The Hall–Kier alpha value is -0.390. The van der Waals surface area contributed by atoms with Gasteiger partial charge in [-0.3, -0.25) is 4.68 Å². The second-order valence-electron chi connectivity index (χ2n) is 3.81. The molecule has 0 radical (unpaired) electrons. The maximum absolute atomic E-state index is 10.1. The lowest BCUT2D eigenvalue weighted by Crippen LogP contribution is -2.33. The highest BCUT2D eigenvalue weighted by atomic mass is 79.9. The molecule has 0 aliphatic carbocycles. The van der Waals surface area contributed by atoms with E-state index in [9.17, 15) is 10.2 Å². The normalized spacial score (nSPS) is 17.5. The molecule has 2 atom stereocenters. The molecule has 2 N–H and O–H groups in total. The third-order valence-corrected chi connectivity index (χ3v) is 3.31. The number of aryl methyl sites for hydroxylation is 1. The molecule has 0 saturated carbocycles. The first-order chi connectivity index (χ1) is 6.94. The average molecular weight is 277 g/mol. The lowest BCUT2D eigenvalue weighted by atomic mass is 9.94. The van der Waals surface area contributed by atoms with Gasteiger partial charge in [0.25, 0.3) is 0 Å². The Labute approximate surface area is 98.0 Å². The van der Waals surface area contributed by atoms with Crippen LogP contribution in [0, 0.1) is 0 Å². The van der Waals surface area contributed by atoms with Crippen molar-refractivity contribution in [3.05, 3.63) is 16.4 Å². The van der Waals surface area contributed by atoms with Gasteiger partial charge in [0.05, 0.1) is 22.0 Å². The monoisotopic (exact) mass is 276 g/mol. The highest BCUT2D eigenvalue weighted by molar-refractivity contribution is 9.10. The number of nitrogens with zero attached hydrogens (tertiary/aromatic N) is 2. The summed E-state index contributed by atoms with van der Waals surface area (Å²) in [7, 11) is 0. The fourth-order valence-electron chi connectivity index (χ4n) is 1.38. The zero-order chi connectivity index (χ0) is 11.6. The van der Waals surface area contributed by atoms with Crippen LogP contribution in [0.25, 0.3) is 0 Å². The summed E-state index contributed by atoms with van der Waals surface area (Å²) in [4.78, 5) is 0. The van der Waals surface area contributed by atoms with Crippen LogP contribution in [0.2, 0.25) is 0 Å². The van der Waals surface area contributed by atoms with Crippen molar-refractivity contribution in [2.24, 2.45) is 0 Å². The van der Waals surface area contributed by atoms with E-state index in [1.165, 1.54) is 0 Å². The van der Waals surface area contributed by atoms with Gasteiger partial charge < -0.3 is 10.2 Å². The Kier molecular flexibility index (Phi) is 3.92. The lowest BCUT2D eigenvalue weighted by molar-refractivity contribution is -0.0699. The molecule has 1 aromatic rings. The summed E-state index contributed by atoms with van der Waals surface area (Å²) in [5.74, 6) is 0. The molecule has 1 rings (SSSR count). The van der Waals surface area contributed by atoms with Gasteiger partial charge in [-0.05, 0) is 36.2 Å². The van der Waals surface area contributed by atoms with Crippen LogP contribution < -0.4 is 0 Å². The molecule has 1 aromatic heterocycles. The molecule has 0 aliphatic heterocycles. The van der Waals surface area contributed by atoms with Crippen molar-refractivity contribution in [2.75, 3.05) is 0 Å². The molecule has 2 unspecified atom stereocenters. The molecule has 0 amide bonds. The van der Waals surface area contributed by atoms with Crippen LogP contribution in [0.15, 0.2) is 10.7 Å². The Balaban J connectivity index is 3.09. The number of rotatable bonds is 4. The summed E-state index contributed by atoms with van der Waals surface area (Å²) < 4.78 is 2.41. The summed E-state index contributed by atoms with van der Waals surface area (Å²) in [6.07, 6.45) is 1.18. The van der Waals surface area contributed by atoms with Crippen molar-refractivity contribution < 1.29 is 10.2 Å². The SMILES string of the molecule is CCn1ncc(Br)c1C(O)C(C)(O)CC. The molecule has 5 heteroatoms. The van der Waals surface area contributed by atoms with Crippen molar-refractivity contribution in [3.63, 3.8) is 0 Å². The van der Waals surface area contributed by atoms with Gasteiger partial charge in [0.15, 0.2) is 0 Å². The van der Waals surface area contributed by atoms with Crippen LogP contribution in [0.3, 0.4) is 0 Å². The molecule has 0 spiro atoms. The van der Waals surface area contributed by atoms with E-state index < -0.39 is 11.7 Å². The quantitative estimate of drug-likeness (QED) is 0.883. The van der Waals surface area contributed by atoms with Crippen LogP contribution in [0.1, 0.15) is 39.0 Å². The zero-order valence-electron chi connectivity index (χ0n) is 9.24. The van der Waals surface area contributed by atoms with Crippen molar-refractivity contribution in [3.8, 4) is 0 Å². The van der Waals surface area contributed by atoms with E-state index in [1.54, 1.807) is 17.8 Å². The van der Waals surface area contributed by atoms with Gasteiger partial charge >= 0.3 is 0 Å². The first-order valence-electron chi connectivity index (χ1n) is 5.05. The molecule has 0 aliphatic rings. The van der Waals surface area contributed by atoms with E-state index in [0.717, 1.165) is 4.47 Å². The van der Waals surface area contributed by atoms with Crippen LogP contribution in [0.5, 0.6) is 0 Å². The van der Waals surface area contributed by atoms with Crippen molar-refractivity contribution in [2.45, 2.75) is 45.4 Å². The minimum absolute atomic E-state index is 0.482. The Bertz CT molecular complexity index is 336. The Morgan fingerprint density at radius 2 is 2.20 bits per heavy atom. The number of hydrogen-bond acceptors (Lipinski definition) is 3. The van der Waals surface area contributed by atoms with Crippen molar-refractivity contribution in [1.82, 2.24) is 9.78 Å². The molecule has 15 heavy (non-hydrogen) atoms. The minimum atomic E-state index is -1.13. The molecule has 4 nitrogen and oxygen atoms in total. The van der Waals surface area contributed by atoms with E-state index in [1.807, 2.05) is 13.8 Å². The zero-order valence-corrected chi connectivity index (χ0v) is 10.8. The van der Waals surface area contributed by atoms with Gasteiger partial charge in [-0.1, -0.05) is 6.92 Å². The molecule has 0 saturated heterocycles. The molecule has 0 aromatic carbocycles. The third-order valence-electron chi connectivity index (χ3n) is 2.70. The Morgan fingerprint density at radius 1 is 1.60 bits per heavy atom. The van der Waals surface area contributed by atoms with E-state index in [2.05, 4.69) is 21.0 Å². The fourth-order valence-corrected chi connectivity index (χ4v) is 1.90. The Morgan fingerprint density at radius 3 is 2.67 bits per heavy atom. The smallest absolute Gasteiger partial charge is 0.125 e. The van der Waals surface area contributed by atoms with E-state index >= 15 is 0 Å². The topological polar surface area (TPSA) is 58.3 Å². The largest absolute Gasteiger partial charge is 0.387 e. The molecule has 86 valence electrons. The van der Waals surface area contributed by atoms with Crippen molar-refractivity contribution in [1.29, 1.82) is 0 Å². The van der Waals surface area contributed by atoms with Gasteiger partial charge in [-0.15, -0.1) is 0 Å². The molecular weight excluding hydrogens is 260 g/mol. The van der Waals surface area contributed by atoms with Crippen LogP contribution >= 0.6 is 15.9 Å². The molecule has 0 bridgehead atoms. The summed E-state index contributed by atoms with van der Waals surface area (Å²) in [6.45, 7) is 6.06. The molecule has 1 heterocycles. The number of hydrogen-bond donors (Lipinski definition) is 2. The summed E-state index contributed by atoms with van der Waals surface area (Å²) in [5.41, 5.74) is -0.500. The molecular formula is C10H17BrN2O2. The van der Waals surface area contributed by atoms with Gasteiger partial charge in [0, 0.05) is 6.54 Å². The van der Waals surface area contributed by atoms with Gasteiger partial charge in [0.1, 0.15) is 6.10 Å². The highest BCUT2D eigenvalue weighted by Gasteiger charge is 2.33. The number of halogens is 1. The maximum Gasteiger partial charge on any atom is 0.125 e. The minimum Gasteiger partial charge on any atom is -0.387 e. The number of aromatic nitrogens is 2. The number of aliphatic hydroxyl groups excluding tert-OH is 1. The lowest BCUT2D eigenvalue weighted by Gasteiger charge is -2.28. The first-order valence-corrected chi connectivity index (χ1v) is 5.85. The summed E-state index contributed by atoms with van der Waals surface area (Å²) >= 11 is 3.33. The summed E-state index contributed by atoms with van der Waals surface area (Å²) in [5, 5.41) is 24.2. The van der Waals surface area contributed by atoms with E-state index in [4.69, 9.17) is 0 Å². The van der Waals surface area contributed by atoms with Crippen molar-refractivity contribution >= 4 is 15.9 Å².